The number of benzene rings is 2. The first-order chi connectivity index (χ1) is 11.6. The van der Waals surface area contributed by atoms with E-state index >= 15 is 0 Å². The molecule has 0 aliphatic rings. The van der Waals surface area contributed by atoms with Gasteiger partial charge in [0.1, 0.15) is 11.6 Å². The Kier molecular flexibility index (Phi) is 4.55. The van der Waals surface area contributed by atoms with Gasteiger partial charge in [-0.05, 0) is 24.3 Å². The van der Waals surface area contributed by atoms with Crippen molar-refractivity contribution < 1.29 is 18.3 Å². The van der Waals surface area contributed by atoms with Crippen LogP contribution in [0.15, 0.2) is 48.5 Å². The van der Waals surface area contributed by atoms with E-state index in [4.69, 9.17) is 0 Å². The number of carbonyl (C=O) groups is 1. The molecule has 24 heavy (non-hydrogen) atoms. The maximum absolute atomic E-state index is 12.2. The Hall–Kier alpha value is -3.16. The van der Waals surface area contributed by atoms with Gasteiger partial charge in [0.2, 0.25) is 0 Å². The van der Waals surface area contributed by atoms with Crippen LogP contribution in [0, 0.1) is 0 Å². The van der Waals surface area contributed by atoms with Gasteiger partial charge in [0.15, 0.2) is 0 Å². The number of rotatable bonds is 5. The number of imidazole rings is 1. The summed E-state index contributed by atoms with van der Waals surface area (Å²) in [6.45, 7) is -2.71. The van der Waals surface area contributed by atoms with Crippen molar-refractivity contribution in [1.29, 1.82) is 0 Å². The molecule has 2 aromatic carbocycles. The number of ether oxygens (including phenoxy) is 1. The van der Waals surface area contributed by atoms with E-state index in [0.717, 1.165) is 11.0 Å². The van der Waals surface area contributed by atoms with E-state index in [2.05, 4.69) is 25.3 Å². The average Bonchev–Trinajstić information content (AvgIpc) is 2.95. The Morgan fingerprint density at radius 1 is 1.21 bits per heavy atom. The molecule has 0 bridgehead atoms. The van der Waals surface area contributed by atoms with Crippen molar-refractivity contribution in [2.45, 2.75) is 13.2 Å². The van der Waals surface area contributed by atoms with E-state index in [1.807, 2.05) is 24.3 Å². The highest BCUT2D eigenvalue weighted by Gasteiger charge is 2.08. The molecule has 0 radical (unpaired) electrons. The Morgan fingerprint density at radius 3 is 2.83 bits per heavy atom. The van der Waals surface area contributed by atoms with Gasteiger partial charge in [0.25, 0.3) is 0 Å². The van der Waals surface area contributed by atoms with Crippen molar-refractivity contribution in [3.8, 4) is 5.75 Å². The lowest BCUT2D eigenvalue weighted by molar-refractivity contribution is -0.0497. The van der Waals surface area contributed by atoms with Gasteiger partial charge in [-0.3, -0.25) is 0 Å². The summed E-state index contributed by atoms with van der Waals surface area (Å²) >= 11 is 0. The van der Waals surface area contributed by atoms with Gasteiger partial charge < -0.3 is 20.4 Å². The van der Waals surface area contributed by atoms with E-state index in [1.54, 1.807) is 6.07 Å². The molecule has 3 N–H and O–H groups in total. The predicted octanol–water partition coefficient (Wildman–Crippen LogP) is 3.49. The fourth-order valence-electron chi connectivity index (χ4n) is 2.18. The second kappa shape index (κ2) is 6.95. The van der Waals surface area contributed by atoms with Gasteiger partial charge in [-0.2, -0.15) is 8.78 Å². The Morgan fingerprint density at radius 2 is 2.04 bits per heavy atom. The molecule has 0 unspecified atom stereocenters. The fraction of sp³-hybridized carbons (Fsp3) is 0.125. The summed E-state index contributed by atoms with van der Waals surface area (Å²) in [7, 11) is 0. The van der Waals surface area contributed by atoms with E-state index in [9.17, 15) is 13.6 Å². The number of halogens is 2. The second-order valence-electron chi connectivity index (χ2n) is 4.91. The number of carbonyl (C=O) groups excluding carboxylic acids is 1. The minimum Gasteiger partial charge on any atom is -0.435 e. The van der Waals surface area contributed by atoms with Gasteiger partial charge in [-0.1, -0.05) is 18.2 Å². The van der Waals surface area contributed by atoms with Gasteiger partial charge in [-0.25, -0.2) is 9.78 Å². The molecule has 124 valence electrons. The Bertz CT molecular complexity index is 818. The summed E-state index contributed by atoms with van der Waals surface area (Å²) in [5, 5.41) is 5.18. The molecular weight excluding hydrogens is 318 g/mol. The largest absolute Gasteiger partial charge is 0.435 e. The molecule has 0 fully saturated rings. The number of hydrogen-bond donors (Lipinski definition) is 3. The third-order valence-electron chi connectivity index (χ3n) is 3.17. The van der Waals surface area contributed by atoms with Crippen LogP contribution in [0.5, 0.6) is 5.75 Å². The lowest BCUT2D eigenvalue weighted by Crippen LogP contribution is -2.28. The number of nitrogens with one attached hydrogen (secondary N) is 3. The maximum atomic E-state index is 12.2. The van der Waals surface area contributed by atoms with Crippen LogP contribution in [-0.4, -0.2) is 22.6 Å². The summed E-state index contributed by atoms with van der Waals surface area (Å²) in [4.78, 5) is 19.3. The van der Waals surface area contributed by atoms with E-state index in [0.29, 0.717) is 11.5 Å². The molecule has 0 aliphatic carbocycles. The summed E-state index contributed by atoms with van der Waals surface area (Å²) in [6, 6.07) is 12.8. The number of hydrogen-bond acceptors (Lipinski definition) is 3. The van der Waals surface area contributed by atoms with Crippen molar-refractivity contribution in [2.24, 2.45) is 0 Å². The molecular formula is C16H14F2N4O2. The standard InChI is InChI=1S/C16H14F2N4O2/c17-15(18)24-11-5-3-4-10(8-11)20-16(23)19-9-14-21-12-6-1-2-7-13(12)22-14/h1-8,15H,9H2,(H,21,22)(H2,19,20,23). The van der Waals surface area contributed by atoms with Crippen molar-refractivity contribution in [1.82, 2.24) is 15.3 Å². The zero-order chi connectivity index (χ0) is 16.9. The number of H-pyrrole nitrogens is 1. The van der Waals surface area contributed by atoms with Gasteiger partial charge in [-0.15, -0.1) is 0 Å². The van der Waals surface area contributed by atoms with Crippen LogP contribution in [0.4, 0.5) is 19.3 Å². The molecule has 1 heterocycles. The minimum absolute atomic E-state index is 0.0277. The first-order valence-electron chi connectivity index (χ1n) is 7.13. The maximum Gasteiger partial charge on any atom is 0.387 e. The number of amides is 2. The number of alkyl halides is 2. The molecule has 3 rings (SSSR count). The van der Waals surface area contributed by atoms with Crippen LogP contribution in [-0.2, 0) is 6.54 Å². The molecule has 1 aromatic heterocycles. The van der Waals surface area contributed by atoms with Crippen LogP contribution in [0.3, 0.4) is 0 Å². The molecule has 0 spiro atoms. The van der Waals surface area contributed by atoms with Crippen LogP contribution >= 0.6 is 0 Å². The summed E-state index contributed by atoms with van der Waals surface area (Å²) in [6.07, 6.45) is 0. The highest BCUT2D eigenvalue weighted by Crippen LogP contribution is 2.19. The molecule has 6 nitrogen and oxygen atoms in total. The number of nitrogens with zero attached hydrogens (tertiary/aromatic N) is 1. The number of aromatic amines is 1. The molecule has 8 heteroatoms. The molecule has 0 saturated carbocycles. The molecule has 3 aromatic rings. The van der Waals surface area contributed by atoms with E-state index in [-0.39, 0.29) is 12.3 Å². The van der Waals surface area contributed by atoms with Crippen LogP contribution < -0.4 is 15.4 Å². The van der Waals surface area contributed by atoms with Gasteiger partial charge in [0.05, 0.1) is 17.6 Å². The number of urea groups is 1. The quantitative estimate of drug-likeness (QED) is 0.669. The minimum atomic E-state index is -2.91. The van der Waals surface area contributed by atoms with Crippen molar-refractivity contribution in [3.05, 3.63) is 54.4 Å². The number of fused-ring (bicyclic) bond motifs is 1. The fourth-order valence-corrected chi connectivity index (χ4v) is 2.18. The Balaban J connectivity index is 1.57. The van der Waals surface area contributed by atoms with E-state index in [1.165, 1.54) is 18.2 Å². The monoisotopic (exact) mass is 332 g/mol. The SMILES string of the molecule is O=C(NCc1nc2ccccc2[nH]1)Nc1cccc(OC(F)F)c1. The van der Waals surface area contributed by atoms with Crippen LogP contribution in [0.2, 0.25) is 0 Å². The predicted molar refractivity (Wildman–Crippen MR) is 85.0 cm³/mol. The summed E-state index contributed by atoms with van der Waals surface area (Å²) in [5.41, 5.74) is 2.04. The topological polar surface area (TPSA) is 79.0 Å². The normalized spacial score (nSPS) is 10.8. The van der Waals surface area contributed by atoms with Crippen molar-refractivity contribution in [2.75, 3.05) is 5.32 Å². The summed E-state index contributed by atoms with van der Waals surface area (Å²) < 4.78 is 28.6. The highest BCUT2D eigenvalue weighted by atomic mass is 19.3. The van der Waals surface area contributed by atoms with Gasteiger partial charge in [0, 0.05) is 11.8 Å². The third-order valence-corrected chi connectivity index (χ3v) is 3.17. The first kappa shape index (κ1) is 15.7. The van der Waals surface area contributed by atoms with Gasteiger partial charge >= 0.3 is 12.6 Å². The molecule has 2 amide bonds. The third kappa shape index (κ3) is 3.97. The van der Waals surface area contributed by atoms with Crippen LogP contribution in [0.1, 0.15) is 5.82 Å². The number of anilines is 1. The highest BCUT2D eigenvalue weighted by molar-refractivity contribution is 5.89. The molecule has 0 aliphatic heterocycles. The lowest BCUT2D eigenvalue weighted by atomic mass is 10.3. The lowest BCUT2D eigenvalue weighted by Gasteiger charge is -2.09. The average molecular weight is 332 g/mol. The van der Waals surface area contributed by atoms with Crippen LogP contribution in [0.25, 0.3) is 11.0 Å². The number of para-hydroxylation sites is 2. The Labute approximate surface area is 135 Å². The van der Waals surface area contributed by atoms with Crippen molar-refractivity contribution in [3.63, 3.8) is 0 Å². The zero-order valence-electron chi connectivity index (χ0n) is 12.4. The molecule has 0 atom stereocenters. The second-order valence-corrected chi connectivity index (χ2v) is 4.91. The number of aromatic nitrogens is 2. The van der Waals surface area contributed by atoms with E-state index < -0.39 is 12.6 Å². The van der Waals surface area contributed by atoms with Crippen molar-refractivity contribution >= 4 is 22.8 Å². The smallest absolute Gasteiger partial charge is 0.387 e. The zero-order valence-corrected chi connectivity index (χ0v) is 12.4. The molecule has 0 saturated heterocycles. The summed E-state index contributed by atoms with van der Waals surface area (Å²) in [5.74, 6) is 0.584. The first-order valence-corrected chi connectivity index (χ1v) is 7.13.